The fraction of sp³-hybridized carbons (Fsp3) is 0.828. The van der Waals surface area contributed by atoms with Crippen molar-refractivity contribution < 1.29 is 15.0 Å². The Labute approximate surface area is 205 Å². The highest BCUT2D eigenvalue weighted by Crippen LogP contribution is 2.11. The molecule has 0 aliphatic heterocycles. The Hall–Kier alpha value is -1.13. The van der Waals surface area contributed by atoms with Crippen molar-refractivity contribution in [2.45, 2.75) is 148 Å². The molecule has 0 aromatic rings. The largest absolute Gasteiger partial charge is 0.394 e. The number of allylic oxidation sites excluding steroid dienone is 4. The van der Waals surface area contributed by atoms with Gasteiger partial charge in [0.15, 0.2) is 0 Å². The first-order valence-electron chi connectivity index (χ1n) is 14.0. The van der Waals surface area contributed by atoms with Crippen LogP contribution in [0.5, 0.6) is 0 Å². The van der Waals surface area contributed by atoms with Gasteiger partial charge < -0.3 is 15.5 Å². The Morgan fingerprint density at radius 3 is 1.85 bits per heavy atom. The lowest BCUT2D eigenvalue weighted by Gasteiger charge is -2.22. The lowest BCUT2D eigenvalue weighted by atomic mass is 10.0. The Kier molecular flexibility index (Phi) is 24.6. The predicted octanol–water partition coefficient (Wildman–Crippen LogP) is 7.39. The summed E-state index contributed by atoms with van der Waals surface area (Å²) in [6.45, 7) is 4.23. The van der Waals surface area contributed by atoms with E-state index >= 15 is 0 Å². The molecule has 0 radical (unpaired) electrons. The first-order valence-corrected chi connectivity index (χ1v) is 14.0. The molecule has 0 bridgehead atoms. The van der Waals surface area contributed by atoms with E-state index in [-0.39, 0.29) is 12.5 Å². The van der Waals surface area contributed by atoms with Gasteiger partial charge in [-0.05, 0) is 44.9 Å². The summed E-state index contributed by atoms with van der Waals surface area (Å²) in [4.78, 5) is 12.1. The number of hydrogen-bond acceptors (Lipinski definition) is 3. The van der Waals surface area contributed by atoms with Gasteiger partial charge in [-0.2, -0.15) is 0 Å². The third kappa shape index (κ3) is 22.4. The molecule has 194 valence electrons. The summed E-state index contributed by atoms with van der Waals surface area (Å²) in [5.74, 6) is -0.0552. The lowest BCUT2D eigenvalue weighted by Crippen LogP contribution is -2.45. The summed E-state index contributed by atoms with van der Waals surface area (Å²) < 4.78 is 0. The van der Waals surface area contributed by atoms with Crippen LogP contribution in [-0.4, -0.2) is 34.9 Å². The molecule has 0 aromatic carbocycles. The zero-order chi connectivity index (χ0) is 24.4. The van der Waals surface area contributed by atoms with E-state index in [2.05, 4.69) is 43.5 Å². The maximum atomic E-state index is 12.1. The van der Waals surface area contributed by atoms with E-state index in [4.69, 9.17) is 0 Å². The van der Waals surface area contributed by atoms with Crippen molar-refractivity contribution in [2.24, 2.45) is 0 Å². The average Bonchev–Trinajstić information content (AvgIpc) is 2.82. The second-order valence-corrected chi connectivity index (χ2v) is 9.46. The Bertz CT molecular complexity index is 475. The summed E-state index contributed by atoms with van der Waals surface area (Å²) in [5, 5.41) is 22.6. The molecular formula is C29H55NO3. The zero-order valence-corrected chi connectivity index (χ0v) is 21.9. The van der Waals surface area contributed by atoms with Crippen LogP contribution in [0.3, 0.4) is 0 Å². The minimum atomic E-state index is -0.657. The van der Waals surface area contributed by atoms with Gasteiger partial charge in [-0.3, -0.25) is 4.79 Å². The Morgan fingerprint density at radius 1 is 0.727 bits per heavy atom. The first kappa shape index (κ1) is 31.9. The summed E-state index contributed by atoms with van der Waals surface area (Å²) >= 11 is 0. The molecule has 0 spiro atoms. The Balaban J connectivity index is 3.62. The maximum absolute atomic E-state index is 12.1. The van der Waals surface area contributed by atoms with Crippen LogP contribution in [0.15, 0.2) is 24.3 Å². The summed E-state index contributed by atoms with van der Waals surface area (Å²) in [6.07, 6.45) is 29.5. The molecule has 33 heavy (non-hydrogen) atoms. The number of amides is 1. The van der Waals surface area contributed by atoms with E-state index in [1.807, 2.05) is 0 Å². The molecule has 2 atom stereocenters. The first-order chi connectivity index (χ1) is 16.2. The number of carbonyl (C=O) groups is 1. The van der Waals surface area contributed by atoms with E-state index < -0.39 is 12.1 Å². The number of rotatable bonds is 24. The van der Waals surface area contributed by atoms with Crippen molar-refractivity contribution in [1.29, 1.82) is 0 Å². The molecule has 0 aliphatic rings. The van der Waals surface area contributed by atoms with Crippen LogP contribution in [0.1, 0.15) is 136 Å². The minimum absolute atomic E-state index is 0.0552. The lowest BCUT2D eigenvalue weighted by molar-refractivity contribution is -0.123. The molecule has 0 aromatic heterocycles. The smallest absolute Gasteiger partial charge is 0.220 e. The normalized spacial score (nSPS) is 13.7. The van der Waals surface area contributed by atoms with E-state index in [0.717, 1.165) is 44.9 Å². The van der Waals surface area contributed by atoms with Crippen molar-refractivity contribution >= 4 is 5.91 Å². The van der Waals surface area contributed by atoms with Gasteiger partial charge in [-0.1, -0.05) is 109 Å². The summed E-state index contributed by atoms with van der Waals surface area (Å²) in [5.41, 5.74) is 0. The van der Waals surface area contributed by atoms with Gasteiger partial charge in [0, 0.05) is 6.42 Å². The highest BCUT2D eigenvalue weighted by Gasteiger charge is 2.19. The van der Waals surface area contributed by atoms with Gasteiger partial charge in [0.05, 0.1) is 18.8 Å². The molecule has 0 rings (SSSR count). The van der Waals surface area contributed by atoms with Crippen LogP contribution in [0.25, 0.3) is 0 Å². The number of aliphatic hydroxyl groups is 2. The number of carbonyl (C=O) groups excluding carboxylic acids is 1. The second-order valence-electron chi connectivity index (χ2n) is 9.46. The standard InChI is InChI=1S/C29H55NO3/c1-3-5-7-9-10-11-12-13-14-15-16-17-18-19-21-23-25-29(33)30-27(26-31)28(32)24-22-20-8-6-4-2/h11-12,14-15,27-28,31-32H,3-10,13,16-26H2,1-2H3,(H,30,33)/b12-11-,15-14-. The van der Waals surface area contributed by atoms with Crippen LogP contribution in [-0.2, 0) is 4.79 Å². The number of nitrogens with one attached hydrogen (secondary N) is 1. The van der Waals surface area contributed by atoms with Gasteiger partial charge in [0.25, 0.3) is 0 Å². The average molecular weight is 466 g/mol. The topological polar surface area (TPSA) is 69.6 Å². The van der Waals surface area contributed by atoms with Gasteiger partial charge >= 0.3 is 0 Å². The molecule has 4 nitrogen and oxygen atoms in total. The van der Waals surface area contributed by atoms with Crippen LogP contribution >= 0.6 is 0 Å². The summed E-state index contributed by atoms with van der Waals surface area (Å²) in [7, 11) is 0. The minimum Gasteiger partial charge on any atom is -0.394 e. The van der Waals surface area contributed by atoms with Crippen LogP contribution in [0.4, 0.5) is 0 Å². The number of aliphatic hydroxyl groups excluding tert-OH is 2. The van der Waals surface area contributed by atoms with Crippen molar-refractivity contribution in [3.05, 3.63) is 24.3 Å². The van der Waals surface area contributed by atoms with Gasteiger partial charge in [-0.15, -0.1) is 0 Å². The maximum Gasteiger partial charge on any atom is 0.220 e. The molecule has 1 amide bonds. The number of hydrogen-bond donors (Lipinski definition) is 3. The van der Waals surface area contributed by atoms with E-state index in [1.165, 1.54) is 64.2 Å². The third-order valence-corrected chi connectivity index (χ3v) is 6.22. The van der Waals surface area contributed by atoms with E-state index in [9.17, 15) is 15.0 Å². The van der Waals surface area contributed by atoms with Gasteiger partial charge in [-0.25, -0.2) is 0 Å². The molecule has 0 saturated heterocycles. The fourth-order valence-electron chi connectivity index (χ4n) is 3.97. The van der Waals surface area contributed by atoms with Crippen LogP contribution in [0, 0.1) is 0 Å². The van der Waals surface area contributed by atoms with Crippen LogP contribution in [0.2, 0.25) is 0 Å². The molecule has 3 N–H and O–H groups in total. The monoisotopic (exact) mass is 465 g/mol. The van der Waals surface area contributed by atoms with Crippen LogP contribution < -0.4 is 5.32 Å². The van der Waals surface area contributed by atoms with Gasteiger partial charge in [0.1, 0.15) is 0 Å². The van der Waals surface area contributed by atoms with Crippen molar-refractivity contribution in [1.82, 2.24) is 5.32 Å². The molecule has 0 heterocycles. The molecule has 0 aliphatic carbocycles. The molecule has 0 saturated carbocycles. The van der Waals surface area contributed by atoms with Crippen molar-refractivity contribution in [3.8, 4) is 0 Å². The van der Waals surface area contributed by atoms with Gasteiger partial charge in [0.2, 0.25) is 5.91 Å². The highest BCUT2D eigenvalue weighted by molar-refractivity contribution is 5.76. The quantitative estimate of drug-likeness (QED) is 0.103. The second kappa shape index (κ2) is 25.5. The SMILES string of the molecule is CCCCCC/C=C\C/C=C\CCCCCCCC(=O)NC(CO)C(O)CCCCCCC. The Morgan fingerprint density at radius 2 is 1.24 bits per heavy atom. The molecule has 2 unspecified atom stereocenters. The number of unbranched alkanes of at least 4 members (excludes halogenated alkanes) is 13. The van der Waals surface area contributed by atoms with Crippen molar-refractivity contribution in [2.75, 3.05) is 6.61 Å². The summed E-state index contributed by atoms with van der Waals surface area (Å²) in [6, 6.07) is -0.536. The zero-order valence-electron chi connectivity index (χ0n) is 21.9. The van der Waals surface area contributed by atoms with E-state index in [0.29, 0.717) is 12.8 Å². The molecular weight excluding hydrogens is 410 g/mol. The van der Waals surface area contributed by atoms with Crippen molar-refractivity contribution in [3.63, 3.8) is 0 Å². The fourth-order valence-corrected chi connectivity index (χ4v) is 3.97. The van der Waals surface area contributed by atoms with E-state index in [1.54, 1.807) is 0 Å². The molecule has 0 fully saturated rings. The predicted molar refractivity (Wildman–Crippen MR) is 142 cm³/mol. The highest BCUT2D eigenvalue weighted by atomic mass is 16.3. The molecule has 4 heteroatoms. The third-order valence-electron chi connectivity index (χ3n) is 6.22.